The average molecular weight is 487 g/mol. The lowest BCUT2D eigenvalue weighted by molar-refractivity contribution is -0.133. The topological polar surface area (TPSA) is 94.3 Å². The Hall–Kier alpha value is -3.61. The minimum atomic E-state index is -0.718. The molecule has 0 radical (unpaired) electrons. The van der Waals surface area contributed by atoms with Gasteiger partial charge in [-0.1, -0.05) is 63.6 Å². The summed E-state index contributed by atoms with van der Waals surface area (Å²) in [6, 6.07) is 13.9. The molecule has 0 bridgehead atoms. The number of carbonyl (C=O) groups is 3. The molecular formula is C29H34N4O3. The van der Waals surface area contributed by atoms with Crippen LogP contribution in [0.3, 0.4) is 0 Å². The number of aromatic amines is 1. The Bertz CT molecular complexity index is 1330. The molecule has 5 unspecified atom stereocenters. The number of nitrogens with zero attached hydrogens (tertiary/aromatic N) is 1. The average Bonchev–Trinajstić information content (AvgIpc) is 3.41. The van der Waals surface area contributed by atoms with Gasteiger partial charge in [-0.15, -0.1) is 0 Å². The largest absolute Gasteiger partial charge is 0.356 e. The second-order valence-electron chi connectivity index (χ2n) is 10.2. The van der Waals surface area contributed by atoms with Crippen LogP contribution in [0.4, 0.5) is 0 Å². The molecule has 36 heavy (non-hydrogen) atoms. The number of para-hydroxylation sites is 1. The van der Waals surface area contributed by atoms with Crippen molar-refractivity contribution < 1.29 is 14.4 Å². The van der Waals surface area contributed by atoms with E-state index in [9.17, 15) is 14.4 Å². The van der Waals surface area contributed by atoms with E-state index in [0.29, 0.717) is 12.0 Å². The summed E-state index contributed by atoms with van der Waals surface area (Å²) in [6.07, 6.45) is 1.94. The first kappa shape index (κ1) is 24.1. The number of H-pyrrole nitrogens is 1. The zero-order valence-electron chi connectivity index (χ0n) is 21.3. The van der Waals surface area contributed by atoms with Crippen LogP contribution in [0.2, 0.25) is 0 Å². The molecule has 0 spiro atoms. The molecule has 3 N–H and O–H groups in total. The molecule has 2 aromatic carbocycles. The van der Waals surface area contributed by atoms with Crippen molar-refractivity contribution in [2.75, 3.05) is 0 Å². The fraction of sp³-hybridized carbons (Fsp3) is 0.414. The maximum Gasteiger partial charge on any atom is 0.255 e. The van der Waals surface area contributed by atoms with Gasteiger partial charge >= 0.3 is 0 Å². The Labute approximate surface area is 211 Å². The first-order chi connectivity index (χ1) is 17.3. The highest BCUT2D eigenvalue weighted by Gasteiger charge is 2.49. The normalized spacial score (nSPS) is 20.8. The van der Waals surface area contributed by atoms with Crippen LogP contribution in [-0.2, 0) is 16.0 Å². The number of nitrogens with one attached hydrogen (secondary N) is 3. The third-order valence-corrected chi connectivity index (χ3v) is 7.95. The molecular weight excluding hydrogens is 452 g/mol. The lowest BCUT2D eigenvalue weighted by Gasteiger charge is -2.38. The standard InChI is InChI=1S/C29H34N4O3/c1-5-16(3)24(28(35)30-17(4)6-2)32-27(34)23-15-21-18-11-9-10-14-22(18)31-25(21)26-19-12-7-8-13-20(19)29(36)33(23)26/h7-14,16-17,23-24,26,31H,5-6,15H2,1-4H3,(H,30,35)(H,32,34). The number of hydrogen-bond acceptors (Lipinski definition) is 3. The quantitative estimate of drug-likeness (QED) is 0.470. The minimum absolute atomic E-state index is 0.0171. The second-order valence-corrected chi connectivity index (χ2v) is 10.2. The van der Waals surface area contributed by atoms with Gasteiger partial charge in [0.25, 0.3) is 5.91 Å². The number of fused-ring (bicyclic) bond motifs is 7. The molecule has 5 rings (SSSR count). The Kier molecular flexibility index (Phi) is 6.33. The molecule has 0 fully saturated rings. The zero-order chi connectivity index (χ0) is 25.6. The van der Waals surface area contributed by atoms with Crippen molar-refractivity contribution in [1.82, 2.24) is 20.5 Å². The Morgan fingerprint density at radius 3 is 2.50 bits per heavy atom. The minimum Gasteiger partial charge on any atom is -0.356 e. The zero-order valence-corrected chi connectivity index (χ0v) is 21.3. The SMILES string of the molecule is CCC(C)NC(=O)C(NC(=O)C1Cc2c([nH]c3ccccc23)C2c3ccccc3C(=O)N12)C(C)CC. The van der Waals surface area contributed by atoms with Crippen molar-refractivity contribution in [3.8, 4) is 0 Å². The Morgan fingerprint density at radius 1 is 1.03 bits per heavy atom. The van der Waals surface area contributed by atoms with Crippen LogP contribution in [0, 0.1) is 5.92 Å². The molecule has 188 valence electrons. The molecule has 0 saturated carbocycles. The molecule has 2 aliphatic heterocycles. The van der Waals surface area contributed by atoms with Crippen molar-refractivity contribution in [2.24, 2.45) is 5.92 Å². The summed E-state index contributed by atoms with van der Waals surface area (Å²) in [5, 5.41) is 7.13. The maximum absolute atomic E-state index is 13.9. The lowest BCUT2D eigenvalue weighted by atomic mass is 9.89. The Morgan fingerprint density at radius 2 is 1.75 bits per heavy atom. The van der Waals surface area contributed by atoms with Gasteiger partial charge in [0.1, 0.15) is 12.1 Å². The summed E-state index contributed by atoms with van der Waals surface area (Å²) in [5.41, 5.74) is 4.54. The molecule has 0 saturated heterocycles. The first-order valence-electron chi connectivity index (χ1n) is 13.0. The molecule has 5 atom stereocenters. The van der Waals surface area contributed by atoms with Gasteiger partial charge in [-0.3, -0.25) is 14.4 Å². The van der Waals surface area contributed by atoms with Crippen LogP contribution in [0.1, 0.15) is 73.8 Å². The van der Waals surface area contributed by atoms with Crippen molar-refractivity contribution in [1.29, 1.82) is 0 Å². The van der Waals surface area contributed by atoms with Crippen LogP contribution in [-0.4, -0.2) is 45.7 Å². The van der Waals surface area contributed by atoms with Crippen LogP contribution in [0.15, 0.2) is 48.5 Å². The molecule has 3 amide bonds. The number of hydrogen-bond donors (Lipinski definition) is 3. The van der Waals surface area contributed by atoms with E-state index in [1.165, 1.54) is 0 Å². The molecule has 3 heterocycles. The van der Waals surface area contributed by atoms with E-state index in [1.54, 1.807) is 4.90 Å². The third kappa shape index (κ3) is 3.87. The number of carbonyl (C=O) groups excluding carboxylic acids is 3. The summed E-state index contributed by atoms with van der Waals surface area (Å²) in [6.45, 7) is 7.95. The van der Waals surface area contributed by atoms with E-state index in [2.05, 4.69) is 21.7 Å². The number of aromatic nitrogens is 1. The van der Waals surface area contributed by atoms with Crippen molar-refractivity contribution >= 4 is 28.6 Å². The van der Waals surface area contributed by atoms with Crippen molar-refractivity contribution in [3.05, 3.63) is 70.9 Å². The van der Waals surface area contributed by atoms with E-state index in [4.69, 9.17) is 0 Å². The predicted molar refractivity (Wildman–Crippen MR) is 140 cm³/mol. The van der Waals surface area contributed by atoms with Gasteiger partial charge in [0, 0.05) is 34.6 Å². The fourth-order valence-corrected chi connectivity index (χ4v) is 5.52. The lowest BCUT2D eigenvalue weighted by Crippen LogP contribution is -2.58. The summed E-state index contributed by atoms with van der Waals surface area (Å²) in [7, 11) is 0. The molecule has 7 nitrogen and oxygen atoms in total. The highest BCUT2D eigenvalue weighted by molar-refractivity contribution is 6.04. The van der Waals surface area contributed by atoms with Gasteiger partial charge in [-0.05, 0) is 42.5 Å². The maximum atomic E-state index is 13.9. The smallest absolute Gasteiger partial charge is 0.255 e. The molecule has 1 aromatic heterocycles. The van der Waals surface area contributed by atoms with Gasteiger partial charge in [0.05, 0.1) is 6.04 Å². The van der Waals surface area contributed by atoms with Crippen LogP contribution in [0.25, 0.3) is 10.9 Å². The number of rotatable bonds is 7. The van der Waals surface area contributed by atoms with Gasteiger partial charge < -0.3 is 20.5 Å². The third-order valence-electron chi connectivity index (χ3n) is 7.95. The summed E-state index contributed by atoms with van der Waals surface area (Å²) < 4.78 is 0. The monoisotopic (exact) mass is 486 g/mol. The highest BCUT2D eigenvalue weighted by Crippen LogP contribution is 2.46. The van der Waals surface area contributed by atoms with E-state index in [-0.39, 0.29) is 35.7 Å². The number of amides is 3. The Balaban J connectivity index is 1.54. The summed E-state index contributed by atoms with van der Waals surface area (Å²) in [5.74, 6) is -0.665. The molecule has 2 aliphatic rings. The van der Waals surface area contributed by atoms with Gasteiger partial charge in [0.2, 0.25) is 11.8 Å². The first-order valence-corrected chi connectivity index (χ1v) is 13.0. The van der Waals surface area contributed by atoms with Crippen molar-refractivity contribution in [2.45, 2.75) is 71.1 Å². The van der Waals surface area contributed by atoms with Crippen molar-refractivity contribution in [3.63, 3.8) is 0 Å². The molecule has 7 heteroatoms. The van der Waals surface area contributed by atoms with E-state index >= 15 is 0 Å². The molecule has 3 aromatic rings. The van der Waals surface area contributed by atoms with Gasteiger partial charge in [-0.25, -0.2) is 0 Å². The van der Waals surface area contributed by atoms with Crippen LogP contribution < -0.4 is 10.6 Å². The number of benzene rings is 2. The van der Waals surface area contributed by atoms with E-state index in [1.807, 2.05) is 70.2 Å². The highest BCUT2D eigenvalue weighted by atomic mass is 16.2. The molecule has 0 aliphatic carbocycles. The predicted octanol–water partition coefficient (Wildman–Crippen LogP) is 4.08. The summed E-state index contributed by atoms with van der Waals surface area (Å²) >= 11 is 0. The van der Waals surface area contributed by atoms with E-state index < -0.39 is 12.1 Å². The fourth-order valence-electron chi connectivity index (χ4n) is 5.52. The van der Waals surface area contributed by atoms with Crippen LogP contribution >= 0.6 is 0 Å². The van der Waals surface area contributed by atoms with E-state index in [0.717, 1.165) is 40.6 Å². The van der Waals surface area contributed by atoms with Gasteiger partial charge in [-0.2, -0.15) is 0 Å². The summed E-state index contributed by atoms with van der Waals surface area (Å²) in [4.78, 5) is 45.9. The van der Waals surface area contributed by atoms with Gasteiger partial charge in [0.15, 0.2) is 0 Å². The van der Waals surface area contributed by atoms with Crippen LogP contribution in [0.5, 0.6) is 0 Å². The second kappa shape index (κ2) is 9.45.